The van der Waals surface area contributed by atoms with Crippen molar-refractivity contribution < 1.29 is 14.0 Å². The second-order valence-corrected chi connectivity index (χ2v) is 9.65. The molecule has 1 atom stereocenters. The number of H-pyrrole nitrogens is 1. The van der Waals surface area contributed by atoms with Gasteiger partial charge in [-0.1, -0.05) is 36.4 Å². The van der Waals surface area contributed by atoms with Gasteiger partial charge in [0.05, 0.1) is 0 Å². The van der Waals surface area contributed by atoms with Crippen molar-refractivity contribution in [3.05, 3.63) is 95.9 Å². The first-order chi connectivity index (χ1) is 17.5. The predicted molar refractivity (Wildman–Crippen MR) is 137 cm³/mol. The average Bonchev–Trinajstić information content (AvgIpc) is 3.53. The van der Waals surface area contributed by atoms with Crippen LogP contribution in [0.3, 0.4) is 0 Å². The number of hydrogen-bond donors (Lipinski definition) is 2. The third-order valence-electron chi connectivity index (χ3n) is 7.22. The number of carbonyl (C=O) groups excluding carboxylic acids is 2. The van der Waals surface area contributed by atoms with Crippen LogP contribution in [0, 0.1) is 5.82 Å². The van der Waals surface area contributed by atoms with E-state index in [4.69, 9.17) is 0 Å². The Kier molecular flexibility index (Phi) is 5.77. The molecular formula is C29H27FN4O2. The first-order valence-corrected chi connectivity index (χ1v) is 12.3. The highest BCUT2D eigenvalue weighted by molar-refractivity contribution is 6.02. The summed E-state index contributed by atoms with van der Waals surface area (Å²) in [5.41, 5.74) is 4.16. The number of aromatic nitrogens is 1. The number of nitrogens with one attached hydrogen (secondary N) is 2. The van der Waals surface area contributed by atoms with E-state index in [-0.39, 0.29) is 29.7 Å². The van der Waals surface area contributed by atoms with Crippen molar-refractivity contribution in [2.24, 2.45) is 0 Å². The highest BCUT2D eigenvalue weighted by Gasteiger charge is 2.35. The van der Waals surface area contributed by atoms with Crippen LogP contribution in [0.25, 0.3) is 22.0 Å². The molecule has 2 N–H and O–H groups in total. The van der Waals surface area contributed by atoms with Gasteiger partial charge in [0.1, 0.15) is 5.82 Å². The van der Waals surface area contributed by atoms with Gasteiger partial charge in [0.25, 0.3) is 11.8 Å². The Morgan fingerprint density at radius 1 is 0.833 bits per heavy atom. The lowest BCUT2D eigenvalue weighted by atomic mass is 10.0. The molecule has 7 heteroatoms. The molecule has 2 saturated heterocycles. The lowest BCUT2D eigenvalue weighted by Gasteiger charge is -2.41. The molecule has 36 heavy (non-hydrogen) atoms. The molecule has 3 heterocycles. The van der Waals surface area contributed by atoms with Gasteiger partial charge in [-0.15, -0.1) is 0 Å². The Labute approximate surface area is 208 Å². The Bertz CT molecular complexity index is 1410. The van der Waals surface area contributed by atoms with Crippen LogP contribution < -0.4 is 5.32 Å². The van der Waals surface area contributed by atoms with Crippen LogP contribution in [0.2, 0.25) is 0 Å². The average molecular weight is 483 g/mol. The molecule has 182 valence electrons. The first-order valence-electron chi connectivity index (χ1n) is 12.3. The molecule has 0 radical (unpaired) electrons. The predicted octanol–water partition coefficient (Wildman–Crippen LogP) is 4.30. The molecule has 4 aromatic rings. The van der Waals surface area contributed by atoms with Crippen LogP contribution in [-0.2, 0) is 0 Å². The molecule has 0 spiro atoms. The fraction of sp³-hybridized carbons (Fsp3) is 0.241. The van der Waals surface area contributed by atoms with E-state index in [9.17, 15) is 14.0 Å². The smallest absolute Gasteiger partial charge is 0.254 e. The highest BCUT2D eigenvalue weighted by Crippen LogP contribution is 2.30. The van der Waals surface area contributed by atoms with Crippen LogP contribution in [-0.4, -0.2) is 64.9 Å². The zero-order chi connectivity index (χ0) is 24.6. The van der Waals surface area contributed by atoms with Crippen LogP contribution in [0.15, 0.2) is 79.0 Å². The summed E-state index contributed by atoms with van der Waals surface area (Å²) in [5.74, 6) is -0.174. The number of nitrogens with zero attached hydrogens (tertiary/aromatic N) is 2. The number of fused-ring (bicyclic) bond motifs is 1. The van der Waals surface area contributed by atoms with Gasteiger partial charge in [0.2, 0.25) is 0 Å². The minimum atomic E-state index is -0.264. The molecule has 1 aromatic heterocycles. The topological polar surface area (TPSA) is 68.4 Å². The van der Waals surface area contributed by atoms with E-state index in [1.54, 1.807) is 12.1 Å². The lowest BCUT2D eigenvalue weighted by Crippen LogP contribution is -2.62. The summed E-state index contributed by atoms with van der Waals surface area (Å²) in [6, 6.07) is 22.0. The number of amides is 2. The minimum absolute atomic E-state index is 0.0141. The maximum absolute atomic E-state index is 13.3. The Morgan fingerprint density at radius 2 is 1.56 bits per heavy atom. The second-order valence-electron chi connectivity index (χ2n) is 9.65. The molecule has 3 aromatic carbocycles. The van der Waals surface area contributed by atoms with Crippen molar-refractivity contribution in [2.45, 2.75) is 18.5 Å². The maximum atomic E-state index is 13.3. The number of aromatic amines is 1. The number of likely N-dealkylation sites (tertiary alicyclic amines) is 2. The van der Waals surface area contributed by atoms with Crippen molar-refractivity contribution >= 4 is 22.7 Å². The SMILES string of the molecule is O=C(c1ccc2c(-c3ccc(F)cc3)c[nH]c2c1)N1CC(N[C@H]2CCN(C(=O)c3ccccc3)C2)C1. The van der Waals surface area contributed by atoms with Crippen molar-refractivity contribution in [3.8, 4) is 11.1 Å². The zero-order valence-corrected chi connectivity index (χ0v) is 19.8. The Balaban J connectivity index is 1.04. The first kappa shape index (κ1) is 22.5. The molecule has 2 amide bonds. The molecular weight excluding hydrogens is 455 g/mol. The second kappa shape index (κ2) is 9.24. The van der Waals surface area contributed by atoms with Gasteiger partial charge in [-0.2, -0.15) is 0 Å². The number of benzene rings is 3. The standard InChI is InChI=1S/C29H27FN4O2/c30-22-9-6-19(7-10-22)26-15-31-27-14-21(8-11-25(26)27)29(36)34-17-24(18-34)32-23-12-13-33(16-23)28(35)20-4-2-1-3-5-20/h1-11,14-15,23-24,31-32H,12-13,16-18H2/t23-/m0/s1. The molecule has 2 aliphatic rings. The summed E-state index contributed by atoms with van der Waals surface area (Å²) in [6.07, 6.45) is 2.81. The van der Waals surface area contributed by atoms with E-state index in [0.29, 0.717) is 25.2 Å². The van der Waals surface area contributed by atoms with E-state index in [1.165, 1.54) is 12.1 Å². The number of carbonyl (C=O) groups is 2. The molecule has 0 aliphatic carbocycles. The minimum Gasteiger partial charge on any atom is -0.361 e. The van der Waals surface area contributed by atoms with Crippen LogP contribution in [0.1, 0.15) is 27.1 Å². The van der Waals surface area contributed by atoms with Gasteiger partial charge in [0.15, 0.2) is 0 Å². The van der Waals surface area contributed by atoms with Crippen molar-refractivity contribution in [2.75, 3.05) is 26.2 Å². The van der Waals surface area contributed by atoms with Gasteiger partial charge in [0, 0.05) is 72.1 Å². The third kappa shape index (κ3) is 4.27. The largest absolute Gasteiger partial charge is 0.361 e. The molecule has 2 aliphatic heterocycles. The van der Waals surface area contributed by atoms with Crippen molar-refractivity contribution in [1.82, 2.24) is 20.1 Å². The van der Waals surface area contributed by atoms with Crippen LogP contribution >= 0.6 is 0 Å². The molecule has 0 saturated carbocycles. The van der Waals surface area contributed by atoms with Crippen molar-refractivity contribution in [1.29, 1.82) is 0 Å². The van der Waals surface area contributed by atoms with E-state index in [1.807, 2.05) is 64.5 Å². The summed E-state index contributed by atoms with van der Waals surface area (Å²) in [6.45, 7) is 2.76. The lowest BCUT2D eigenvalue weighted by molar-refractivity contribution is 0.0553. The number of rotatable bonds is 5. The zero-order valence-electron chi connectivity index (χ0n) is 19.8. The third-order valence-corrected chi connectivity index (χ3v) is 7.22. The quantitative estimate of drug-likeness (QED) is 0.446. The van der Waals surface area contributed by atoms with Gasteiger partial charge >= 0.3 is 0 Å². The van der Waals surface area contributed by atoms with E-state index in [0.717, 1.165) is 40.6 Å². The van der Waals surface area contributed by atoms with Gasteiger partial charge in [-0.05, 0) is 48.4 Å². The van der Waals surface area contributed by atoms with E-state index in [2.05, 4.69) is 10.3 Å². The summed E-state index contributed by atoms with van der Waals surface area (Å²) in [5, 5.41) is 4.62. The summed E-state index contributed by atoms with van der Waals surface area (Å²) >= 11 is 0. The fourth-order valence-corrected chi connectivity index (χ4v) is 5.24. The van der Waals surface area contributed by atoms with Crippen molar-refractivity contribution in [3.63, 3.8) is 0 Å². The molecule has 6 rings (SSSR count). The van der Waals surface area contributed by atoms with E-state index >= 15 is 0 Å². The van der Waals surface area contributed by atoms with Gasteiger partial charge in [-0.3, -0.25) is 9.59 Å². The Morgan fingerprint density at radius 3 is 2.33 bits per heavy atom. The maximum Gasteiger partial charge on any atom is 0.254 e. The van der Waals surface area contributed by atoms with E-state index < -0.39 is 0 Å². The Hall–Kier alpha value is -3.97. The summed E-state index contributed by atoms with van der Waals surface area (Å²) < 4.78 is 13.3. The van der Waals surface area contributed by atoms with Crippen LogP contribution in [0.4, 0.5) is 4.39 Å². The van der Waals surface area contributed by atoms with Gasteiger partial charge < -0.3 is 20.1 Å². The molecule has 6 nitrogen and oxygen atoms in total. The summed E-state index contributed by atoms with van der Waals surface area (Å²) in [4.78, 5) is 32.7. The van der Waals surface area contributed by atoms with Crippen LogP contribution in [0.5, 0.6) is 0 Å². The van der Waals surface area contributed by atoms with Gasteiger partial charge in [-0.25, -0.2) is 4.39 Å². The number of hydrogen-bond acceptors (Lipinski definition) is 3. The molecule has 0 bridgehead atoms. The number of halogens is 1. The monoisotopic (exact) mass is 482 g/mol. The highest BCUT2D eigenvalue weighted by atomic mass is 19.1. The summed E-state index contributed by atoms with van der Waals surface area (Å²) in [7, 11) is 0. The molecule has 0 unspecified atom stereocenters. The normalized spacial score (nSPS) is 18.0. The molecule has 2 fully saturated rings. The fourth-order valence-electron chi connectivity index (χ4n) is 5.24.